The van der Waals surface area contributed by atoms with Crippen LogP contribution in [-0.4, -0.2) is 9.79 Å². The van der Waals surface area contributed by atoms with E-state index >= 15 is 0 Å². The van der Waals surface area contributed by atoms with Crippen LogP contribution in [0.2, 0.25) is 0 Å². The number of phosphoric acid groups is 1. The lowest BCUT2D eigenvalue weighted by atomic mass is 9.92. The molecule has 0 saturated heterocycles. The fraction of sp³-hybridized carbons (Fsp3) is 0.0435. The first-order valence-electron chi connectivity index (χ1n) is 9.11. The molecule has 0 aromatic heterocycles. The molecule has 0 aliphatic rings. The van der Waals surface area contributed by atoms with Crippen LogP contribution in [0, 0.1) is 0 Å². The van der Waals surface area contributed by atoms with E-state index in [0.29, 0.717) is 12.4 Å². The minimum atomic E-state index is -4.56. The third-order valence-corrected chi connectivity index (χ3v) is 5.51. The van der Waals surface area contributed by atoms with Crippen molar-refractivity contribution >= 4 is 40.1 Å². The molecule has 0 unspecified atom stereocenters. The maximum atomic E-state index is 10.9. The van der Waals surface area contributed by atoms with Crippen molar-refractivity contribution in [1.29, 1.82) is 0 Å². The molecule has 0 spiro atoms. The maximum absolute atomic E-state index is 10.9. The van der Waals surface area contributed by atoms with Crippen molar-refractivity contribution < 1.29 is 23.6 Å². The van der Waals surface area contributed by atoms with Crippen LogP contribution in [0.1, 0.15) is 5.56 Å². The predicted molar refractivity (Wildman–Crippen MR) is 114 cm³/mol. The monoisotopic (exact) mass is 404 g/mol. The normalized spacial score (nSPS) is 12.1. The fourth-order valence-corrected chi connectivity index (χ4v) is 4.21. The van der Waals surface area contributed by atoms with E-state index in [1.807, 2.05) is 0 Å². The van der Waals surface area contributed by atoms with Gasteiger partial charge in [0.2, 0.25) is 0 Å². The second-order valence-corrected chi connectivity index (χ2v) is 8.09. The first kappa shape index (κ1) is 18.0. The van der Waals surface area contributed by atoms with Crippen molar-refractivity contribution in [2.24, 2.45) is 0 Å². The van der Waals surface area contributed by atoms with Gasteiger partial charge in [-0.2, -0.15) is 0 Å². The topological polar surface area (TPSA) is 76.0 Å². The molecule has 6 heteroatoms. The molecule has 0 radical (unpaired) electrons. The summed E-state index contributed by atoms with van der Waals surface area (Å²) in [5.41, 5.74) is 1.08. The van der Waals surface area contributed by atoms with E-state index in [0.717, 1.165) is 10.9 Å². The minimum Gasteiger partial charge on any atom is -0.489 e. The molecule has 0 saturated carbocycles. The van der Waals surface area contributed by atoms with Crippen LogP contribution < -0.4 is 9.26 Å². The molecular formula is C23H17O5P. The van der Waals surface area contributed by atoms with E-state index in [2.05, 4.69) is 59.1 Å². The largest absolute Gasteiger partial charge is 0.524 e. The summed E-state index contributed by atoms with van der Waals surface area (Å²) in [5.74, 6) is 0.683. The highest BCUT2D eigenvalue weighted by Gasteiger charge is 2.15. The predicted octanol–water partition coefficient (Wildman–Crippen LogP) is 5.63. The number of benzene rings is 5. The van der Waals surface area contributed by atoms with E-state index in [9.17, 15) is 4.57 Å². The van der Waals surface area contributed by atoms with Crippen LogP contribution in [0.5, 0.6) is 11.5 Å². The molecule has 0 atom stereocenters. The summed E-state index contributed by atoms with van der Waals surface area (Å²) in [6, 6.07) is 25.3. The van der Waals surface area contributed by atoms with Gasteiger partial charge in [0.15, 0.2) is 0 Å². The molecule has 5 aromatic rings. The number of rotatable bonds is 5. The Kier molecular flexibility index (Phi) is 4.18. The lowest BCUT2D eigenvalue weighted by Gasteiger charge is -2.14. The molecule has 5 nitrogen and oxygen atoms in total. The van der Waals surface area contributed by atoms with Crippen molar-refractivity contribution in [2.45, 2.75) is 6.61 Å². The Balaban J connectivity index is 1.47. The molecular weight excluding hydrogens is 387 g/mol. The van der Waals surface area contributed by atoms with Gasteiger partial charge in [0.25, 0.3) is 0 Å². The van der Waals surface area contributed by atoms with Crippen LogP contribution in [0.25, 0.3) is 32.3 Å². The van der Waals surface area contributed by atoms with E-state index in [4.69, 9.17) is 14.5 Å². The van der Waals surface area contributed by atoms with Gasteiger partial charge >= 0.3 is 7.82 Å². The first-order chi connectivity index (χ1) is 14.0. The van der Waals surface area contributed by atoms with Crippen LogP contribution in [0.4, 0.5) is 0 Å². The molecule has 5 aromatic carbocycles. The first-order valence-corrected chi connectivity index (χ1v) is 10.6. The number of hydrogen-bond acceptors (Lipinski definition) is 3. The molecule has 0 heterocycles. The highest BCUT2D eigenvalue weighted by Crippen LogP contribution is 2.38. The molecule has 2 N–H and O–H groups in total. The Hall–Kier alpha value is -3.11. The third kappa shape index (κ3) is 3.40. The Bertz CT molecular complexity index is 1360. The average molecular weight is 404 g/mol. The molecule has 29 heavy (non-hydrogen) atoms. The van der Waals surface area contributed by atoms with Crippen LogP contribution in [0.3, 0.4) is 0 Å². The van der Waals surface area contributed by atoms with Crippen molar-refractivity contribution in [3.63, 3.8) is 0 Å². The molecule has 144 valence electrons. The molecule has 0 aliphatic carbocycles. The summed E-state index contributed by atoms with van der Waals surface area (Å²) in [6.45, 7) is 0.382. The minimum absolute atomic E-state index is 0.0911. The number of ether oxygens (including phenoxy) is 1. The molecule has 0 fully saturated rings. The quantitative estimate of drug-likeness (QED) is 0.293. The highest BCUT2D eigenvalue weighted by molar-refractivity contribution is 7.46. The van der Waals surface area contributed by atoms with Gasteiger partial charge in [0.05, 0.1) is 0 Å². The van der Waals surface area contributed by atoms with Crippen molar-refractivity contribution in [3.8, 4) is 11.5 Å². The second kappa shape index (κ2) is 6.75. The van der Waals surface area contributed by atoms with E-state index in [1.165, 1.54) is 39.1 Å². The van der Waals surface area contributed by atoms with Gasteiger partial charge in [0, 0.05) is 0 Å². The summed E-state index contributed by atoms with van der Waals surface area (Å²) in [5, 5.41) is 7.31. The van der Waals surface area contributed by atoms with Gasteiger partial charge in [0.1, 0.15) is 18.1 Å². The van der Waals surface area contributed by atoms with E-state index in [-0.39, 0.29) is 5.75 Å². The highest BCUT2D eigenvalue weighted by atomic mass is 31.2. The summed E-state index contributed by atoms with van der Waals surface area (Å²) in [4.78, 5) is 17.7. The SMILES string of the molecule is O=P(O)(O)Oc1ccc(OCc2ccc3ccc4cccc5ccc2c3c45)cc1. The second-order valence-electron chi connectivity index (χ2n) is 6.92. The third-order valence-electron chi connectivity index (χ3n) is 5.06. The Morgan fingerprint density at radius 3 is 1.97 bits per heavy atom. The Morgan fingerprint density at radius 2 is 1.28 bits per heavy atom. The Morgan fingerprint density at radius 1 is 0.690 bits per heavy atom. The van der Waals surface area contributed by atoms with Crippen LogP contribution >= 0.6 is 7.82 Å². The fourth-order valence-electron chi connectivity index (χ4n) is 3.82. The van der Waals surface area contributed by atoms with Gasteiger partial charge in [-0.3, -0.25) is 9.79 Å². The number of phosphoric ester groups is 1. The van der Waals surface area contributed by atoms with Gasteiger partial charge in [-0.15, -0.1) is 0 Å². The zero-order valence-corrected chi connectivity index (χ0v) is 16.2. The molecule has 0 aliphatic heterocycles. The summed E-state index contributed by atoms with van der Waals surface area (Å²) in [6.07, 6.45) is 0. The van der Waals surface area contributed by atoms with Gasteiger partial charge in [-0.25, -0.2) is 4.57 Å². The Labute approximate surface area is 166 Å². The van der Waals surface area contributed by atoms with Gasteiger partial charge < -0.3 is 9.26 Å². The van der Waals surface area contributed by atoms with Gasteiger partial charge in [-0.1, -0.05) is 54.6 Å². The van der Waals surface area contributed by atoms with E-state index in [1.54, 1.807) is 12.1 Å². The lowest BCUT2D eigenvalue weighted by molar-refractivity contribution is 0.282. The van der Waals surface area contributed by atoms with Crippen molar-refractivity contribution in [1.82, 2.24) is 0 Å². The molecule has 0 amide bonds. The summed E-state index contributed by atoms with van der Waals surface area (Å²) < 4.78 is 21.4. The smallest absolute Gasteiger partial charge is 0.489 e. The van der Waals surface area contributed by atoms with Crippen molar-refractivity contribution in [2.75, 3.05) is 0 Å². The summed E-state index contributed by atoms with van der Waals surface area (Å²) in [7, 11) is -4.56. The molecule has 0 bridgehead atoms. The van der Waals surface area contributed by atoms with E-state index < -0.39 is 7.82 Å². The average Bonchev–Trinajstić information content (AvgIpc) is 2.71. The zero-order chi connectivity index (χ0) is 20.0. The maximum Gasteiger partial charge on any atom is 0.524 e. The standard InChI is InChI=1S/C23H17O5P/c24-29(25,26)28-20-11-9-19(10-12-20)27-14-18-7-6-17-5-4-15-2-1-3-16-8-13-21(18)23(17)22(15)16/h1-13H,14H2,(H2,24,25,26). The summed E-state index contributed by atoms with van der Waals surface area (Å²) >= 11 is 0. The van der Waals surface area contributed by atoms with Crippen LogP contribution in [-0.2, 0) is 11.2 Å². The zero-order valence-electron chi connectivity index (χ0n) is 15.3. The lowest BCUT2D eigenvalue weighted by Crippen LogP contribution is -1.97. The molecule has 5 rings (SSSR count). The van der Waals surface area contributed by atoms with Crippen LogP contribution in [0.15, 0.2) is 78.9 Å². The number of hydrogen-bond donors (Lipinski definition) is 2. The van der Waals surface area contributed by atoms with Gasteiger partial charge in [-0.05, 0) is 62.1 Å². The van der Waals surface area contributed by atoms with Crippen molar-refractivity contribution in [3.05, 3.63) is 84.4 Å².